The summed E-state index contributed by atoms with van der Waals surface area (Å²) in [4.78, 5) is 0. The van der Waals surface area contributed by atoms with E-state index >= 15 is 0 Å². The Balaban J connectivity index is 1.09. The quantitative estimate of drug-likeness (QED) is 0.206. The second-order valence-corrected chi connectivity index (χ2v) is 11.6. The number of furan rings is 2. The summed E-state index contributed by atoms with van der Waals surface area (Å²) in [6.45, 7) is 0. The van der Waals surface area contributed by atoms with Crippen LogP contribution in [0.1, 0.15) is 5.56 Å². The second kappa shape index (κ2) is 10.4. The van der Waals surface area contributed by atoms with Gasteiger partial charge in [-0.1, -0.05) is 115 Å². The molecule has 3 nitrogen and oxygen atoms in total. The predicted octanol–water partition coefficient (Wildman–Crippen LogP) is 12.0. The molecule has 0 aliphatic rings. The van der Waals surface area contributed by atoms with Gasteiger partial charge in [0.2, 0.25) is 0 Å². The molecule has 0 aliphatic heterocycles. The topological polar surface area (TPSA) is 50.1 Å². The molecule has 214 valence electrons. The molecule has 0 radical (unpaired) electrons. The number of hydrogen-bond donors (Lipinski definition) is 0. The molecule has 0 spiro atoms. The molecule has 2 heterocycles. The maximum atomic E-state index is 9.95. The van der Waals surface area contributed by atoms with Crippen LogP contribution in [0, 0.1) is 11.3 Å². The van der Waals surface area contributed by atoms with Crippen molar-refractivity contribution >= 4 is 43.9 Å². The molecule has 0 atom stereocenters. The zero-order chi connectivity index (χ0) is 30.6. The summed E-state index contributed by atoms with van der Waals surface area (Å²) in [6.07, 6.45) is 0. The summed E-state index contributed by atoms with van der Waals surface area (Å²) in [5, 5.41) is 14.4. The summed E-state index contributed by atoms with van der Waals surface area (Å²) in [5.74, 6) is 0. The molecule has 0 amide bonds. The molecule has 0 aliphatic carbocycles. The predicted molar refractivity (Wildman–Crippen MR) is 187 cm³/mol. The standard InChI is InChI=1S/C43H25NO2/c44-26-27-22-32(25-33(23-27)35-13-7-15-39-37-11-2-4-17-41(37)46-43(35)39)29-20-18-28(19-21-29)30-8-5-9-31(24-30)34-12-6-14-38-36-10-1-3-16-40(36)45-42(34)38/h1-25H. The van der Waals surface area contributed by atoms with Crippen molar-refractivity contribution in [2.75, 3.05) is 0 Å². The highest BCUT2D eigenvalue weighted by Crippen LogP contribution is 2.39. The lowest BCUT2D eigenvalue weighted by Gasteiger charge is -2.10. The number of hydrogen-bond acceptors (Lipinski definition) is 3. The van der Waals surface area contributed by atoms with Gasteiger partial charge in [0.15, 0.2) is 0 Å². The Morgan fingerprint density at radius 3 is 1.48 bits per heavy atom. The van der Waals surface area contributed by atoms with E-state index in [0.29, 0.717) is 5.56 Å². The van der Waals surface area contributed by atoms with Crippen LogP contribution >= 0.6 is 0 Å². The SMILES string of the molecule is N#Cc1cc(-c2ccc(-c3cccc(-c4cccc5c4oc4ccccc45)c3)cc2)cc(-c2cccc3c2oc2ccccc23)c1. The van der Waals surface area contributed by atoms with Crippen molar-refractivity contribution in [1.82, 2.24) is 0 Å². The van der Waals surface area contributed by atoms with Crippen LogP contribution in [0.3, 0.4) is 0 Å². The molecule has 46 heavy (non-hydrogen) atoms. The number of para-hydroxylation sites is 4. The molecular formula is C43H25NO2. The van der Waals surface area contributed by atoms with Crippen LogP contribution in [-0.4, -0.2) is 0 Å². The van der Waals surface area contributed by atoms with Crippen molar-refractivity contribution in [3.63, 3.8) is 0 Å². The average Bonchev–Trinajstić information content (AvgIpc) is 3.70. The van der Waals surface area contributed by atoms with Gasteiger partial charge in [0.05, 0.1) is 11.6 Å². The van der Waals surface area contributed by atoms with Crippen LogP contribution in [0.15, 0.2) is 160 Å². The van der Waals surface area contributed by atoms with E-state index in [0.717, 1.165) is 88.4 Å². The molecule has 0 saturated carbocycles. The number of nitrogens with zero attached hydrogens (tertiary/aromatic N) is 1. The van der Waals surface area contributed by atoms with E-state index in [1.165, 1.54) is 0 Å². The number of benzene rings is 7. The molecule has 9 rings (SSSR count). The fourth-order valence-corrected chi connectivity index (χ4v) is 6.68. The molecule has 0 fully saturated rings. The molecule has 0 saturated heterocycles. The lowest BCUT2D eigenvalue weighted by atomic mass is 9.93. The largest absolute Gasteiger partial charge is 0.455 e. The second-order valence-electron chi connectivity index (χ2n) is 11.6. The molecule has 0 N–H and O–H groups in total. The number of nitriles is 1. The van der Waals surface area contributed by atoms with Crippen molar-refractivity contribution in [3.8, 4) is 50.6 Å². The fourth-order valence-electron chi connectivity index (χ4n) is 6.68. The molecule has 0 unspecified atom stereocenters. The first kappa shape index (κ1) is 26.1. The minimum atomic E-state index is 0.608. The third-order valence-electron chi connectivity index (χ3n) is 8.91. The number of fused-ring (bicyclic) bond motifs is 6. The van der Waals surface area contributed by atoms with Crippen LogP contribution in [0.4, 0.5) is 0 Å². The molecular weight excluding hydrogens is 562 g/mol. The zero-order valence-electron chi connectivity index (χ0n) is 24.7. The highest BCUT2D eigenvalue weighted by atomic mass is 16.3. The summed E-state index contributed by atoms with van der Waals surface area (Å²) in [5.41, 5.74) is 12.5. The smallest absolute Gasteiger partial charge is 0.143 e. The minimum absolute atomic E-state index is 0.608. The van der Waals surface area contributed by atoms with Gasteiger partial charge in [-0.2, -0.15) is 5.26 Å². The summed E-state index contributed by atoms with van der Waals surface area (Å²) >= 11 is 0. The van der Waals surface area contributed by atoms with Crippen molar-refractivity contribution in [1.29, 1.82) is 5.26 Å². The Labute approximate surface area is 265 Å². The average molecular weight is 588 g/mol. The van der Waals surface area contributed by atoms with Gasteiger partial charge in [0, 0.05) is 32.7 Å². The van der Waals surface area contributed by atoms with Gasteiger partial charge in [-0.05, 0) is 69.8 Å². The molecule has 2 aromatic heterocycles. The van der Waals surface area contributed by atoms with Crippen LogP contribution in [0.2, 0.25) is 0 Å². The van der Waals surface area contributed by atoms with Crippen molar-refractivity contribution in [3.05, 3.63) is 157 Å². The molecule has 7 aromatic carbocycles. The van der Waals surface area contributed by atoms with Gasteiger partial charge >= 0.3 is 0 Å². The Morgan fingerprint density at radius 2 is 0.848 bits per heavy atom. The van der Waals surface area contributed by atoms with Gasteiger partial charge < -0.3 is 8.83 Å². The Hall–Kier alpha value is -6.37. The van der Waals surface area contributed by atoms with E-state index in [4.69, 9.17) is 8.83 Å². The highest BCUT2D eigenvalue weighted by molar-refractivity contribution is 6.10. The van der Waals surface area contributed by atoms with Crippen LogP contribution in [0.25, 0.3) is 88.4 Å². The summed E-state index contributed by atoms with van der Waals surface area (Å²) in [6, 6.07) is 54.4. The highest BCUT2D eigenvalue weighted by Gasteiger charge is 2.15. The third-order valence-corrected chi connectivity index (χ3v) is 8.91. The van der Waals surface area contributed by atoms with Gasteiger partial charge in [0.25, 0.3) is 0 Å². The van der Waals surface area contributed by atoms with Crippen molar-refractivity contribution in [2.24, 2.45) is 0 Å². The first-order chi connectivity index (χ1) is 22.7. The van der Waals surface area contributed by atoms with Gasteiger partial charge in [-0.15, -0.1) is 0 Å². The van der Waals surface area contributed by atoms with Crippen LogP contribution < -0.4 is 0 Å². The Bertz CT molecular complexity index is 2650. The lowest BCUT2D eigenvalue weighted by molar-refractivity contribution is 0.669. The molecule has 0 bridgehead atoms. The van der Waals surface area contributed by atoms with E-state index in [9.17, 15) is 5.26 Å². The molecule has 9 aromatic rings. The minimum Gasteiger partial charge on any atom is -0.455 e. The van der Waals surface area contributed by atoms with E-state index in [-0.39, 0.29) is 0 Å². The van der Waals surface area contributed by atoms with Gasteiger partial charge in [-0.25, -0.2) is 0 Å². The van der Waals surface area contributed by atoms with Crippen LogP contribution in [0.5, 0.6) is 0 Å². The maximum Gasteiger partial charge on any atom is 0.143 e. The zero-order valence-corrected chi connectivity index (χ0v) is 24.7. The maximum absolute atomic E-state index is 9.95. The van der Waals surface area contributed by atoms with E-state index in [2.05, 4.69) is 109 Å². The first-order valence-corrected chi connectivity index (χ1v) is 15.3. The third kappa shape index (κ3) is 4.20. The van der Waals surface area contributed by atoms with Gasteiger partial charge in [0.1, 0.15) is 22.3 Å². The van der Waals surface area contributed by atoms with Gasteiger partial charge in [-0.3, -0.25) is 0 Å². The monoisotopic (exact) mass is 587 g/mol. The summed E-state index contributed by atoms with van der Waals surface area (Å²) < 4.78 is 12.6. The summed E-state index contributed by atoms with van der Waals surface area (Å²) in [7, 11) is 0. The van der Waals surface area contributed by atoms with E-state index in [1.807, 2.05) is 48.5 Å². The van der Waals surface area contributed by atoms with E-state index in [1.54, 1.807) is 0 Å². The van der Waals surface area contributed by atoms with Crippen molar-refractivity contribution < 1.29 is 8.83 Å². The number of rotatable bonds is 4. The van der Waals surface area contributed by atoms with Crippen molar-refractivity contribution in [2.45, 2.75) is 0 Å². The first-order valence-electron chi connectivity index (χ1n) is 15.3. The Morgan fingerprint density at radius 1 is 0.370 bits per heavy atom. The normalized spacial score (nSPS) is 11.5. The fraction of sp³-hybridized carbons (Fsp3) is 0. The molecule has 3 heteroatoms. The Kier molecular flexibility index (Phi) is 5.88. The lowest BCUT2D eigenvalue weighted by Crippen LogP contribution is -1.87. The van der Waals surface area contributed by atoms with E-state index < -0.39 is 0 Å². The van der Waals surface area contributed by atoms with Crippen LogP contribution in [-0.2, 0) is 0 Å².